The molecule has 0 unspecified atom stereocenters. The lowest BCUT2D eigenvalue weighted by Crippen LogP contribution is -2.13. The smallest absolute Gasteiger partial charge is 0.266 e. The van der Waals surface area contributed by atoms with Gasteiger partial charge in [-0.15, -0.1) is 0 Å². The van der Waals surface area contributed by atoms with Gasteiger partial charge in [0, 0.05) is 20.7 Å². The van der Waals surface area contributed by atoms with Gasteiger partial charge in [-0.1, -0.05) is 45.7 Å². The minimum atomic E-state index is -0.571. The van der Waals surface area contributed by atoms with Gasteiger partial charge in [0.05, 0.1) is 0 Å². The third-order valence-corrected chi connectivity index (χ3v) is 5.25. The maximum atomic E-state index is 13.4. The summed E-state index contributed by atoms with van der Waals surface area (Å²) >= 11 is 9.48. The second-order valence-electron chi connectivity index (χ2n) is 6.69. The van der Waals surface area contributed by atoms with Crippen LogP contribution in [0, 0.1) is 24.1 Å². The first-order chi connectivity index (χ1) is 14.9. The van der Waals surface area contributed by atoms with Crippen molar-refractivity contribution in [3.63, 3.8) is 0 Å². The van der Waals surface area contributed by atoms with Crippen LogP contribution in [0.3, 0.4) is 0 Å². The number of ether oxygens (including phenoxy) is 1. The Hall–Kier alpha value is -3.14. The number of nitrogens with zero attached hydrogens (tertiary/aromatic N) is 1. The number of hydrogen-bond donors (Lipinski definition) is 1. The van der Waals surface area contributed by atoms with E-state index in [-0.39, 0.29) is 18.0 Å². The Morgan fingerprint density at radius 2 is 2.03 bits per heavy atom. The Balaban J connectivity index is 1.83. The molecule has 31 heavy (non-hydrogen) atoms. The van der Waals surface area contributed by atoms with E-state index in [1.807, 2.05) is 13.0 Å². The lowest BCUT2D eigenvalue weighted by Gasteiger charge is -2.11. The molecule has 3 aromatic rings. The first-order valence-corrected chi connectivity index (χ1v) is 10.4. The lowest BCUT2D eigenvalue weighted by molar-refractivity contribution is -0.112. The molecule has 1 N–H and O–H groups in total. The number of amides is 1. The Bertz CT molecular complexity index is 1200. The predicted molar refractivity (Wildman–Crippen MR) is 123 cm³/mol. The molecule has 0 atom stereocenters. The van der Waals surface area contributed by atoms with Crippen LogP contribution >= 0.6 is 27.5 Å². The molecule has 3 aromatic carbocycles. The monoisotopic (exact) mass is 498 g/mol. The van der Waals surface area contributed by atoms with E-state index in [4.69, 9.17) is 16.3 Å². The average molecular weight is 500 g/mol. The van der Waals surface area contributed by atoms with E-state index in [0.29, 0.717) is 27.6 Å². The molecule has 4 nitrogen and oxygen atoms in total. The zero-order valence-electron chi connectivity index (χ0n) is 16.5. The van der Waals surface area contributed by atoms with Crippen LogP contribution in [0.25, 0.3) is 6.08 Å². The van der Waals surface area contributed by atoms with Crippen LogP contribution in [0.2, 0.25) is 5.02 Å². The predicted octanol–water partition coefficient (Wildman–Crippen LogP) is 6.67. The lowest BCUT2D eigenvalue weighted by atomic mass is 10.1. The van der Waals surface area contributed by atoms with Crippen molar-refractivity contribution in [2.45, 2.75) is 13.5 Å². The van der Waals surface area contributed by atoms with Crippen LogP contribution in [-0.2, 0) is 11.4 Å². The van der Waals surface area contributed by atoms with Crippen LogP contribution < -0.4 is 10.1 Å². The number of rotatable bonds is 6. The van der Waals surface area contributed by atoms with E-state index in [1.165, 1.54) is 18.2 Å². The van der Waals surface area contributed by atoms with Crippen molar-refractivity contribution < 1.29 is 13.9 Å². The third-order valence-electron chi connectivity index (χ3n) is 4.35. The zero-order chi connectivity index (χ0) is 22.4. The molecule has 7 heteroatoms. The van der Waals surface area contributed by atoms with Crippen LogP contribution in [0.1, 0.15) is 16.7 Å². The van der Waals surface area contributed by atoms with E-state index in [9.17, 15) is 14.4 Å². The molecule has 0 fully saturated rings. The number of benzene rings is 3. The Labute approximate surface area is 193 Å². The zero-order valence-corrected chi connectivity index (χ0v) is 18.8. The van der Waals surface area contributed by atoms with E-state index in [1.54, 1.807) is 48.5 Å². The summed E-state index contributed by atoms with van der Waals surface area (Å²) in [6, 6.07) is 18.3. The van der Waals surface area contributed by atoms with Gasteiger partial charge < -0.3 is 10.1 Å². The summed E-state index contributed by atoms with van der Waals surface area (Å²) < 4.78 is 20.0. The molecule has 0 aliphatic rings. The van der Waals surface area contributed by atoms with Gasteiger partial charge in [0.25, 0.3) is 5.91 Å². The number of aryl methyl sites for hydroxylation is 1. The highest BCUT2D eigenvalue weighted by Gasteiger charge is 2.13. The number of carbonyl (C=O) groups is 1. The SMILES string of the molecule is Cc1ccc(NC(=O)/C(C#N)=C\c2cc(Br)ccc2OCc2cccc(F)c2)cc1Cl. The summed E-state index contributed by atoms with van der Waals surface area (Å²) in [5, 5.41) is 12.7. The molecule has 3 rings (SSSR count). The number of nitriles is 1. The summed E-state index contributed by atoms with van der Waals surface area (Å²) in [6.07, 6.45) is 1.44. The molecular weight excluding hydrogens is 483 g/mol. The van der Waals surface area contributed by atoms with Crippen molar-refractivity contribution in [1.82, 2.24) is 0 Å². The number of anilines is 1. The largest absolute Gasteiger partial charge is 0.488 e. The Morgan fingerprint density at radius 3 is 2.74 bits per heavy atom. The minimum Gasteiger partial charge on any atom is -0.488 e. The van der Waals surface area contributed by atoms with Gasteiger partial charge in [-0.2, -0.15) is 5.26 Å². The molecular formula is C24H17BrClFN2O2. The molecule has 156 valence electrons. The van der Waals surface area contributed by atoms with Crippen molar-refractivity contribution >= 4 is 45.2 Å². The first-order valence-electron chi connectivity index (χ1n) is 9.22. The maximum absolute atomic E-state index is 13.4. The minimum absolute atomic E-state index is 0.106. The van der Waals surface area contributed by atoms with Crippen LogP contribution in [-0.4, -0.2) is 5.91 Å². The van der Waals surface area contributed by atoms with Crippen LogP contribution in [0.5, 0.6) is 5.75 Å². The first kappa shape index (κ1) is 22.5. The van der Waals surface area contributed by atoms with E-state index in [0.717, 1.165) is 10.0 Å². The summed E-state index contributed by atoms with van der Waals surface area (Å²) in [4.78, 5) is 12.6. The van der Waals surface area contributed by atoms with E-state index >= 15 is 0 Å². The summed E-state index contributed by atoms with van der Waals surface area (Å²) in [5.74, 6) is -0.471. The fourth-order valence-electron chi connectivity index (χ4n) is 2.72. The second kappa shape index (κ2) is 10.3. The van der Waals surface area contributed by atoms with Gasteiger partial charge in [-0.3, -0.25) is 4.79 Å². The Kier molecular flexibility index (Phi) is 7.45. The van der Waals surface area contributed by atoms with E-state index in [2.05, 4.69) is 21.2 Å². The molecule has 0 aliphatic carbocycles. The van der Waals surface area contributed by atoms with E-state index < -0.39 is 5.91 Å². The van der Waals surface area contributed by atoms with Gasteiger partial charge in [0.1, 0.15) is 29.8 Å². The molecule has 0 saturated heterocycles. The van der Waals surface area contributed by atoms with Crippen molar-refractivity contribution in [3.8, 4) is 11.8 Å². The fourth-order valence-corrected chi connectivity index (χ4v) is 3.28. The number of carbonyl (C=O) groups excluding carboxylic acids is 1. The quantitative estimate of drug-likeness (QED) is 0.304. The summed E-state index contributed by atoms with van der Waals surface area (Å²) in [6.45, 7) is 1.99. The normalized spacial score (nSPS) is 11.0. The van der Waals surface area contributed by atoms with Crippen LogP contribution in [0.4, 0.5) is 10.1 Å². The fraction of sp³-hybridized carbons (Fsp3) is 0.0833. The highest BCUT2D eigenvalue weighted by atomic mass is 79.9. The average Bonchev–Trinajstić information content (AvgIpc) is 2.74. The molecule has 0 heterocycles. The van der Waals surface area contributed by atoms with Gasteiger partial charge in [0.15, 0.2) is 0 Å². The molecule has 0 radical (unpaired) electrons. The number of nitrogens with one attached hydrogen (secondary N) is 1. The topological polar surface area (TPSA) is 62.1 Å². The molecule has 0 spiro atoms. The van der Waals surface area contributed by atoms with Gasteiger partial charge >= 0.3 is 0 Å². The maximum Gasteiger partial charge on any atom is 0.266 e. The highest BCUT2D eigenvalue weighted by molar-refractivity contribution is 9.10. The standard InChI is InChI=1S/C24H17BrClFN2O2/c1-15-5-7-21(12-22(15)26)29-24(30)18(13-28)10-17-11-19(25)6-8-23(17)31-14-16-3-2-4-20(27)9-16/h2-12H,14H2,1H3,(H,29,30)/b18-10-. The molecule has 0 bridgehead atoms. The Morgan fingerprint density at radius 1 is 1.23 bits per heavy atom. The molecule has 0 aliphatic heterocycles. The molecule has 0 saturated carbocycles. The number of hydrogen-bond acceptors (Lipinski definition) is 3. The third kappa shape index (κ3) is 6.17. The summed E-state index contributed by atoms with van der Waals surface area (Å²) in [7, 11) is 0. The van der Waals surface area contributed by atoms with Crippen molar-refractivity contribution in [3.05, 3.63) is 98.2 Å². The highest BCUT2D eigenvalue weighted by Crippen LogP contribution is 2.27. The van der Waals surface area contributed by atoms with Gasteiger partial charge in [-0.25, -0.2) is 4.39 Å². The molecule has 1 amide bonds. The second-order valence-corrected chi connectivity index (χ2v) is 8.01. The van der Waals surface area contributed by atoms with Gasteiger partial charge in [-0.05, 0) is 66.6 Å². The van der Waals surface area contributed by atoms with Crippen molar-refractivity contribution in [1.29, 1.82) is 5.26 Å². The number of halogens is 3. The van der Waals surface area contributed by atoms with Crippen LogP contribution in [0.15, 0.2) is 70.7 Å². The van der Waals surface area contributed by atoms with Crippen molar-refractivity contribution in [2.75, 3.05) is 5.32 Å². The molecule has 0 aromatic heterocycles. The van der Waals surface area contributed by atoms with Gasteiger partial charge in [0.2, 0.25) is 0 Å². The summed E-state index contributed by atoms with van der Waals surface area (Å²) in [5.41, 5.74) is 2.45. The van der Waals surface area contributed by atoms with Crippen molar-refractivity contribution in [2.24, 2.45) is 0 Å².